The van der Waals surface area contributed by atoms with E-state index in [0.29, 0.717) is 17.0 Å². The zero-order valence-electron chi connectivity index (χ0n) is 7.75. The van der Waals surface area contributed by atoms with Gasteiger partial charge in [0.2, 0.25) is 0 Å². The summed E-state index contributed by atoms with van der Waals surface area (Å²) < 4.78 is 5.16. The first-order chi connectivity index (χ1) is 7.20. The van der Waals surface area contributed by atoms with Crippen LogP contribution < -0.4 is 10.1 Å². The Bertz CT molecular complexity index is 431. The van der Waals surface area contributed by atoms with Crippen molar-refractivity contribution in [1.29, 1.82) is 0 Å². The van der Waals surface area contributed by atoms with E-state index in [2.05, 4.69) is 5.32 Å². The Morgan fingerprint density at radius 1 is 1.53 bits per heavy atom. The maximum absolute atomic E-state index is 11.3. The van der Waals surface area contributed by atoms with Crippen molar-refractivity contribution in [1.82, 2.24) is 0 Å². The van der Waals surface area contributed by atoms with Crippen molar-refractivity contribution in [2.75, 3.05) is 17.8 Å². The topological polar surface area (TPSA) is 55.4 Å². The predicted octanol–water partition coefficient (Wildman–Crippen LogP) is 1.44. The van der Waals surface area contributed by atoms with Gasteiger partial charge in [0.15, 0.2) is 12.4 Å². The summed E-state index contributed by atoms with van der Waals surface area (Å²) in [5.74, 6) is 0.0787. The van der Waals surface area contributed by atoms with Crippen molar-refractivity contribution < 1.29 is 14.3 Å². The average molecular weight is 226 g/mol. The lowest BCUT2D eigenvalue weighted by molar-refractivity contribution is -0.118. The molecule has 0 aromatic heterocycles. The van der Waals surface area contributed by atoms with Crippen LogP contribution >= 0.6 is 11.6 Å². The number of alkyl halides is 1. The van der Waals surface area contributed by atoms with E-state index in [0.717, 1.165) is 0 Å². The lowest BCUT2D eigenvalue weighted by atomic mass is 10.1. The molecule has 0 saturated carbocycles. The average Bonchev–Trinajstić information content (AvgIpc) is 2.27. The lowest BCUT2D eigenvalue weighted by Gasteiger charge is -2.18. The van der Waals surface area contributed by atoms with Crippen LogP contribution in [0.1, 0.15) is 10.4 Å². The molecule has 1 aliphatic rings. The second kappa shape index (κ2) is 3.90. The zero-order valence-corrected chi connectivity index (χ0v) is 8.50. The third-order valence-corrected chi connectivity index (χ3v) is 2.30. The quantitative estimate of drug-likeness (QED) is 0.612. The van der Waals surface area contributed by atoms with Gasteiger partial charge in [0.1, 0.15) is 5.75 Å². The van der Waals surface area contributed by atoms with Crippen LogP contribution in [0.4, 0.5) is 5.69 Å². The molecule has 1 amide bonds. The molecule has 0 spiro atoms. The summed E-state index contributed by atoms with van der Waals surface area (Å²) in [5.41, 5.74) is 1.07. The van der Waals surface area contributed by atoms with E-state index in [9.17, 15) is 9.59 Å². The minimum absolute atomic E-state index is 0.0223. The van der Waals surface area contributed by atoms with Crippen molar-refractivity contribution in [2.45, 2.75) is 0 Å². The Hall–Kier alpha value is -1.55. The lowest BCUT2D eigenvalue weighted by Crippen LogP contribution is -2.25. The van der Waals surface area contributed by atoms with Crippen LogP contribution in [0.2, 0.25) is 0 Å². The van der Waals surface area contributed by atoms with Gasteiger partial charge < -0.3 is 10.1 Å². The summed E-state index contributed by atoms with van der Waals surface area (Å²) in [5, 5.41) is 2.64. The molecule has 1 aliphatic heterocycles. The molecule has 0 bridgehead atoms. The molecule has 0 unspecified atom stereocenters. The standard InChI is InChI=1S/C10H8ClNO3/c11-4-8(13)6-1-2-7-9(3-6)15-5-10(14)12-7/h1-3H,4-5H2,(H,12,14). The maximum atomic E-state index is 11.3. The van der Waals surface area contributed by atoms with Gasteiger partial charge in [0.05, 0.1) is 11.6 Å². The summed E-state index contributed by atoms with van der Waals surface area (Å²) in [6, 6.07) is 4.82. The smallest absolute Gasteiger partial charge is 0.262 e. The van der Waals surface area contributed by atoms with E-state index >= 15 is 0 Å². The Labute approximate surface area is 91.2 Å². The van der Waals surface area contributed by atoms with Gasteiger partial charge in [-0.2, -0.15) is 0 Å². The highest BCUT2D eigenvalue weighted by Crippen LogP contribution is 2.28. The number of carbonyl (C=O) groups excluding carboxylic acids is 2. The SMILES string of the molecule is O=C1COc2cc(C(=O)CCl)ccc2N1. The molecule has 78 valence electrons. The number of benzene rings is 1. The number of ketones is 1. The van der Waals surface area contributed by atoms with Gasteiger partial charge >= 0.3 is 0 Å². The third-order valence-electron chi connectivity index (χ3n) is 2.06. The Morgan fingerprint density at radius 2 is 2.33 bits per heavy atom. The normalized spacial score (nSPS) is 13.8. The van der Waals surface area contributed by atoms with Gasteiger partial charge in [-0.3, -0.25) is 9.59 Å². The molecule has 0 saturated heterocycles. The van der Waals surface area contributed by atoms with Gasteiger partial charge in [0.25, 0.3) is 5.91 Å². The maximum Gasteiger partial charge on any atom is 0.262 e. The Balaban J connectivity index is 2.34. The predicted molar refractivity (Wildman–Crippen MR) is 55.6 cm³/mol. The van der Waals surface area contributed by atoms with Gasteiger partial charge in [-0.05, 0) is 18.2 Å². The number of Topliss-reactive ketones (excluding diaryl/α,β-unsaturated/α-hetero) is 1. The molecule has 1 heterocycles. The molecule has 0 aliphatic carbocycles. The van der Waals surface area contributed by atoms with Gasteiger partial charge in [-0.25, -0.2) is 0 Å². The third kappa shape index (κ3) is 1.94. The minimum Gasteiger partial charge on any atom is -0.482 e. The second-order valence-electron chi connectivity index (χ2n) is 3.10. The molecule has 1 aromatic rings. The number of amides is 1. The summed E-state index contributed by atoms with van der Waals surface area (Å²) in [6.45, 7) is -0.0223. The fourth-order valence-corrected chi connectivity index (χ4v) is 1.48. The molecule has 0 fully saturated rings. The van der Waals surface area contributed by atoms with E-state index in [1.807, 2.05) is 0 Å². The zero-order chi connectivity index (χ0) is 10.8. The molecule has 4 nitrogen and oxygen atoms in total. The fourth-order valence-electron chi connectivity index (χ4n) is 1.33. The van der Waals surface area contributed by atoms with Crippen LogP contribution in [0.15, 0.2) is 18.2 Å². The highest BCUT2D eigenvalue weighted by atomic mass is 35.5. The molecular weight excluding hydrogens is 218 g/mol. The highest BCUT2D eigenvalue weighted by molar-refractivity contribution is 6.30. The van der Waals surface area contributed by atoms with Crippen molar-refractivity contribution in [2.24, 2.45) is 0 Å². The number of nitrogens with one attached hydrogen (secondary N) is 1. The van der Waals surface area contributed by atoms with Gasteiger partial charge in [-0.15, -0.1) is 11.6 Å². The van der Waals surface area contributed by atoms with E-state index in [-0.39, 0.29) is 24.2 Å². The molecule has 0 atom stereocenters. The number of fused-ring (bicyclic) bond motifs is 1. The monoisotopic (exact) mass is 225 g/mol. The van der Waals surface area contributed by atoms with E-state index < -0.39 is 0 Å². The number of halogens is 1. The van der Waals surface area contributed by atoms with E-state index in [4.69, 9.17) is 16.3 Å². The number of carbonyl (C=O) groups is 2. The number of anilines is 1. The highest BCUT2D eigenvalue weighted by Gasteiger charge is 2.17. The number of hydrogen-bond acceptors (Lipinski definition) is 3. The first-order valence-electron chi connectivity index (χ1n) is 4.36. The van der Waals surface area contributed by atoms with Crippen LogP contribution in [0.25, 0.3) is 0 Å². The van der Waals surface area contributed by atoms with Crippen molar-refractivity contribution >= 4 is 29.0 Å². The second-order valence-corrected chi connectivity index (χ2v) is 3.37. The molecule has 0 radical (unpaired) electrons. The molecule has 1 N–H and O–H groups in total. The molecular formula is C10H8ClNO3. The van der Waals surface area contributed by atoms with Crippen LogP contribution in [0.5, 0.6) is 5.75 Å². The fraction of sp³-hybridized carbons (Fsp3) is 0.200. The first-order valence-corrected chi connectivity index (χ1v) is 4.90. The minimum atomic E-state index is -0.195. The van der Waals surface area contributed by atoms with Crippen LogP contribution in [-0.4, -0.2) is 24.2 Å². The molecule has 15 heavy (non-hydrogen) atoms. The van der Waals surface area contributed by atoms with Crippen LogP contribution in [0.3, 0.4) is 0 Å². The number of ether oxygens (including phenoxy) is 1. The summed E-state index contributed by atoms with van der Waals surface area (Å²) in [4.78, 5) is 22.3. The van der Waals surface area contributed by atoms with Gasteiger partial charge in [-0.1, -0.05) is 0 Å². The largest absolute Gasteiger partial charge is 0.482 e. The Morgan fingerprint density at radius 3 is 3.07 bits per heavy atom. The van der Waals surface area contributed by atoms with Crippen LogP contribution in [-0.2, 0) is 4.79 Å². The molecule has 2 rings (SSSR count). The summed E-state index contributed by atoms with van der Waals surface area (Å²) in [6.07, 6.45) is 0. The van der Waals surface area contributed by atoms with Crippen molar-refractivity contribution in [3.63, 3.8) is 0 Å². The van der Waals surface area contributed by atoms with E-state index in [1.165, 1.54) is 0 Å². The van der Waals surface area contributed by atoms with Crippen LogP contribution in [0, 0.1) is 0 Å². The number of hydrogen-bond donors (Lipinski definition) is 1. The van der Waals surface area contributed by atoms with Gasteiger partial charge in [0, 0.05) is 5.56 Å². The molecule has 5 heteroatoms. The van der Waals surface area contributed by atoms with Crippen molar-refractivity contribution in [3.05, 3.63) is 23.8 Å². The summed E-state index contributed by atoms with van der Waals surface area (Å²) >= 11 is 5.43. The van der Waals surface area contributed by atoms with Crippen molar-refractivity contribution in [3.8, 4) is 5.75 Å². The Kier molecular flexibility index (Phi) is 2.60. The van der Waals surface area contributed by atoms with E-state index in [1.54, 1.807) is 18.2 Å². The first kappa shape index (κ1) is 9.98. The number of rotatable bonds is 2. The summed E-state index contributed by atoms with van der Waals surface area (Å²) in [7, 11) is 0. The molecule has 1 aromatic carbocycles.